The largest absolute Gasteiger partial charge is 0.396 e. The van der Waals surface area contributed by atoms with E-state index in [0.29, 0.717) is 0 Å². The maximum atomic E-state index is 9.83. The molecular weight excluding hydrogens is 272 g/mol. The summed E-state index contributed by atoms with van der Waals surface area (Å²) in [5.41, 5.74) is 0. The third-order valence-corrected chi connectivity index (χ3v) is 4.06. The van der Waals surface area contributed by atoms with E-state index in [1.807, 2.05) is 0 Å². The number of aliphatic hydroxyl groups is 8. The predicted octanol–water partition coefficient (Wildman–Crippen LogP) is -3.84. The van der Waals surface area contributed by atoms with Crippen LogP contribution in [0.15, 0.2) is 0 Å². The molecule has 20 heavy (non-hydrogen) atoms. The van der Waals surface area contributed by atoms with Crippen molar-refractivity contribution in [2.24, 2.45) is 11.8 Å². The van der Waals surface area contributed by atoms with Crippen molar-refractivity contribution < 1.29 is 40.9 Å². The van der Waals surface area contributed by atoms with E-state index in [2.05, 4.69) is 0 Å². The molecule has 1 aliphatic rings. The summed E-state index contributed by atoms with van der Waals surface area (Å²) in [5, 5.41) is 75.2. The van der Waals surface area contributed by atoms with E-state index < -0.39 is 55.1 Å². The summed E-state index contributed by atoms with van der Waals surface area (Å²) in [6.45, 7) is -1.13. The zero-order valence-corrected chi connectivity index (χ0v) is 11.0. The van der Waals surface area contributed by atoms with Crippen molar-refractivity contribution in [3.63, 3.8) is 0 Å². The molecule has 0 bridgehead atoms. The van der Waals surface area contributed by atoms with Gasteiger partial charge in [-0.3, -0.25) is 0 Å². The van der Waals surface area contributed by atoms with Gasteiger partial charge in [0.25, 0.3) is 0 Å². The fourth-order valence-corrected chi connectivity index (χ4v) is 2.73. The molecule has 8 heteroatoms. The molecule has 0 spiro atoms. The second-order valence-electron chi connectivity index (χ2n) is 5.43. The second-order valence-corrected chi connectivity index (χ2v) is 5.43. The van der Waals surface area contributed by atoms with Gasteiger partial charge >= 0.3 is 0 Å². The first kappa shape index (κ1) is 17.7. The van der Waals surface area contributed by atoms with E-state index >= 15 is 0 Å². The Morgan fingerprint density at radius 1 is 0.900 bits per heavy atom. The van der Waals surface area contributed by atoms with Crippen LogP contribution in [0.3, 0.4) is 0 Å². The summed E-state index contributed by atoms with van der Waals surface area (Å²) in [7, 11) is 0. The Kier molecular flexibility index (Phi) is 6.76. The van der Waals surface area contributed by atoms with Gasteiger partial charge in [-0.15, -0.1) is 0 Å². The number of hydrogen-bond donors (Lipinski definition) is 8. The van der Waals surface area contributed by atoms with E-state index in [0.717, 1.165) is 0 Å². The third-order valence-electron chi connectivity index (χ3n) is 4.06. The highest BCUT2D eigenvalue weighted by molar-refractivity contribution is 4.93. The van der Waals surface area contributed by atoms with E-state index in [1.54, 1.807) is 0 Å². The Labute approximate surface area is 116 Å². The van der Waals surface area contributed by atoms with Crippen molar-refractivity contribution in [1.82, 2.24) is 0 Å². The Balaban J connectivity index is 2.59. The molecule has 0 unspecified atom stereocenters. The maximum absolute atomic E-state index is 9.83. The molecule has 8 nitrogen and oxygen atoms in total. The van der Waals surface area contributed by atoms with Gasteiger partial charge in [-0.25, -0.2) is 0 Å². The van der Waals surface area contributed by atoms with Crippen LogP contribution in [0.4, 0.5) is 0 Å². The van der Waals surface area contributed by atoms with Gasteiger partial charge in [0.1, 0.15) is 18.3 Å². The van der Waals surface area contributed by atoms with Crippen molar-refractivity contribution in [3.05, 3.63) is 0 Å². The van der Waals surface area contributed by atoms with Gasteiger partial charge < -0.3 is 40.9 Å². The van der Waals surface area contributed by atoms with Gasteiger partial charge in [0.15, 0.2) is 0 Å². The quantitative estimate of drug-likeness (QED) is 0.237. The number of aliphatic hydroxyl groups excluding tert-OH is 8. The summed E-state index contributed by atoms with van der Waals surface area (Å²) >= 11 is 0. The molecule has 0 saturated heterocycles. The summed E-state index contributed by atoms with van der Waals surface area (Å²) < 4.78 is 0. The molecule has 1 aliphatic carbocycles. The molecule has 120 valence electrons. The van der Waals surface area contributed by atoms with Crippen molar-refractivity contribution in [2.75, 3.05) is 13.2 Å². The van der Waals surface area contributed by atoms with E-state index in [-0.39, 0.29) is 19.4 Å². The van der Waals surface area contributed by atoms with Crippen LogP contribution in [0.2, 0.25) is 0 Å². The Morgan fingerprint density at radius 2 is 1.45 bits per heavy atom. The van der Waals surface area contributed by atoms with Crippen LogP contribution < -0.4 is 0 Å². The molecule has 0 aromatic rings. The van der Waals surface area contributed by atoms with Crippen LogP contribution in [0.25, 0.3) is 0 Å². The van der Waals surface area contributed by atoms with Gasteiger partial charge in [0, 0.05) is 12.5 Å². The molecule has 0 heterocycles. The lowest BCUT2D eigenvalue weighted by Gasteiger charge is -2.28. The molecule has 1 fully saturated rings. The summed E-state index contributed by atoms with van der Waals surface area (Å²) in [6.07, 6.45) is -8.37. The van der Waals surface area contributed by atoms with Crippen molar-refractivity contribution in [2.45, 2.75) is 49.5 Å². The highest BCUT2D eigenvalue weighted by Gasteiger charge is 2.43. The highest BCUT2D eigenvalue weighted by Crippen LogP contribution is 2.35. The Hall–Kier alpha value is -0.320. The first-order chi connectivity index (χ1) is 9.33. The topological polar surface area (TPSA) is 162 Å². The Morgan fingerprint density at radius 3 is 1.95 bits per heavy atom. The van der Waals surface area contributed by atoms with Crippen molar-refractivity contribution in [1.29, 1.82) is 0 Å². The zero-order valence-electron chi connectivity index (χ0n) is 11.0. The minimum absolute atomic E-state index is 0.0598. The minimum Gasteiger partial charge on any atom is -0.396 e. The molecule has 8 N–H and O–H groups in total. The van der Waals surface area contributed by atoms with Gasteiger partial charge in [0.05, 0.1) is 24.9 Å². The third kappa shape index (κ3) is 3.86. The van der Waals surface area contributed by atoms with E-state index in [9.17, 15) is 35.7 Å². The van der Waals surface area contributed by atoms with Crippen molar-refractivity contribution >= 4 is 0 Å². The monoisotopic (exact) mass is 296 g/mol. The first-order valence-electron chi connectivity index (χ1n) is 6.63. The van der Waals surface area contributed by atoms with Gasteiger partial charge in [-0.1, -0.05) is 0 Å². The van der Waals surface area contributed by atoms with E-state index in [4.69, 9.17) is 5.11 Å². The fourth-order valence-electron chi connectivity index (χ4n) is 2.73. The zero-order chi connectivity index (χ0) is 15.4. The lowest BCUT2D eigenvalue weighted by Crippen LogP contribution is -2.46. The van der Waals surface area contributed by atoms with Crippen molar-refractivity contribution in [3.8, 4) is 0 Å². The van der Waals surface area contributed by atoms with Gasteiger partial charge in [-0.2, -0.15) is 0 Å². The molecule has 0 aromatic carbocycles. The molecular formula is C12H24O8. The molecule has 1 rings (SSSR count). The summed E-state index contributed by atoms with van der Waals surface area (Å²) in [5.74, 6) is -1.04. The molecule has 8 atom stereocenters. The second kappa shape index (κ2) is 7.62. The first-order valence-corrected chi connectivity index (χ1v) is 6.63. The molecule has 0 aromatic heterocycles. The smallest absolute Gasteiger partial charge is 0.110 e. The summed E-state index contributed by atoms with van der Waals surface area (Å²) in [6, 6.07) is 0. The molecule has 0 amide bonds. The molecule has 1 saturated carbocycles. The SMILES string of the molecule is OC[C@H]1[C@H](C[C@H](O)[C@@H](O)[C@H](O)[C@H](O)CO)C[C@@H](O)[C@@H]1O. The average molecular weight is 296 g/mol. The normalized spacial score (nSPS) is 36.6. The number of rotatable bonds is 7. The number of hydrogen-bond acceptors (Lipinski definition) is 8. The predicted molar refractivity (Wildman–Crippen MR) is 66.4 cm³/mol. The average Bonchev–Trinajstić information content (AvgIpc) is 2.70. The molecule has 0 radical (unpaired) electrons. The van der Waals surface area contributed by atoms with Crippen LogP contribution in [-0.2, 0) is 0 Å². The lowest BCUT2D eigenvalue weighted by molar-refractivity contribution is -0.120. The Bertz CT molecular complexity index is 289. The fraction of sp³-hybridized carbons (Fsp3) is 1.00. The summed E-state index contributed by atoms with van der Waals surface area (Å²) in [4.78, 5) is 0. The van der Waals surface area contributed by atoms with Crippen LogP contribution in [0.5, 0.6) is 0 Å². The minimum atomic E-state index is -1.71. The maximum Gasteiger partial charge on any atom is 0.110 e. The van der Waals surface area contributed by atoms with Crippen LogP contribution >= 0.6 is 0 Å². The standard InChI is InChI=1S/C12H24O8/c13-3-6-5(1-7(15)10(6)18)2-8(16)11(19)12(20)9(17)4-14/h5-20H,1-4H2/t5-,6-,7+,8-,9+,10+,11+,12+/m0/s1. The van der Waals surface area contributed by atoms with Crippen LogP contribution in [-0.4, -0.2) is 90.7 Å². The molecule has 0 aliphatic heterocycles. The van der Waals surface area contributed by atoms with Gasteiger partial charge in [0.2, 0.25) is 0 Å². The van der Waals surface area contributed by atoms with Crippen LogP contribution in [0.1, 0.15) is 12.8 Å². The van der Waals surface area contributed by atoms with E-state index in [1.165, 1.54) is 0 Å². The van der Waals surface area contributed by atoms with Crippen LogP contribution in [0, 0.1) is 11.8 Å². The highest BCUT2D eigenvalue weighted by atomic mass is 16.4. The van der Waals surface area contributed by atoms with Gasteiger partial charge in [-0.05, 0) is 18.8 Å². The lowest BCUT2D eigenvalue weighted by atomic mass is 9.87.